The van der Waals surface area contributed by atoms with Crippen LogP contribution in [0.3, 0.4) is 0 Å². The zero-order valence-corrected chi connectivity index (χ0v) is 20.9. The van der Waals surface area contributed by atoms with Gasteiger partial charge in [-0.15, -0.1) is 0 Å². The number of ketones is 1. The SMILES string of the molecule is COc1ccc(C(=O)OCC(=O)C23CC4CC(CC(C4)C2)C3)cc1S(=O)(=O)N1CCCCC1C. The molecule has 186 valence electrons. The first-order valence-electron chi connectivity index (χ1n) is 12.6. The quantitative estimate of drug-likeness (QED) is 0.533. The number of Topliss-reactive ketones (excluding diaryl/α,β-unsaturated/α-hetero) is 1. The maximum absolute atomic E-state index is 13.4. The van der Waals surface area contributed by atoms with Crippen LogP contribution in [0.25, 0.3) is 0 Å². The van der Waals surface area contributed by atoms with Crippen molar-refractivity contribution in [1.29, 1.82) is 0 Å². The zero-order valence-electron chi connectivity index (χ0n) is 20.1. The van der Waals surface area contributed by atoms with Gasteiger partial charge in [-0.25, -0.2) is 13.2 Å². The van der Waals surface area contributed by atoms with Gasteiger partial charge >= 0.3 is 5.97 Å². The topological polar surface area (TPSA) is 90.0 Å². The van der Waals surface area contributed by atoms with E-state index < -0.39 is 16.0 Å². The Morgan fingerprint density at radius 2 is 1.71 bits per heavy atom. The third-order valence-corrected chi connectivity index (χ3v) is 10.7. The van der Waals surface area contributed by atoms with Crippen LogP contribution in [0, 0.1) is 23.2 Å². The summed E-state index contributed by atoms with van der Waals surface area (Å²) in [5, 5.41) is 0. The molecule has 7 nitrogen and oxygen atoms in total. The molecule has 34 heavy (non-hydrogen) atoms. The second-order valence-corrected chi connectivity index (χ2v) is 12.9. The van der Waals surface area contributed by atoms with Gasteiger partial charge in [0.1, 0.15) is 10.6 Å². The van der Waals surface area contributed by atoms with Crippen molar-refractivity contribution >= 4 is 21.8 Å². The van der Waals surface area contributed by atoms with Crippen LogP contribution in [-0.2, 0) is 19.6 Å². The lowest BCUT2D eigenvalue weighted by Crippen LogP contribution is -2.51. The summed E-state index contributed by atoms with van der Waals surface area (Å²) in [5.74, 6) is 1.46. The minimum atomic E-state index is -3.84. The largest absolute Gasteiger partial charge is 0.495 e. The molecule has 4 saturated carbocycles. The number of carbonyl (C=O) groups is 2. The van der Waals surface area contributed by atoms with Crippen molar-refractivity contribution in [3.8, 4) is 5.75 Å². The molecule has 5 aliphatic rings. The fourth-order valence-corrected chi connectivity index (χ4v) is 9.26. The van der Waals surface area contributed by atoms with Crippen molar-refractivity contribution in [2.45, 2.75) is 75.6 Å². The maximum atomic E-state index is 13.4. The van der Waals surface area contributed by atoms with E-state index in [-0.39, 0.29) is 40.1 Å². The third kappa shape index (κ3) is 4.17. The van der Waals surface area contributed by atoms with Gasteiger partial charge in [0.05, 0.1) is 12.7 Å². The first-order chi connectivity index (χ1) is 16.2. The summed E-state index contributed by atoms with van der Waals surface area (Å²) in [4.78, 5) is 26.0. The molecule has 1 heterocycles. The van der Waals surface area contributed by atoms with E-state index in [0.717, 1.165) is 38.5 Å². The Bertz CT molecular complexity index is 1050. The van der Waals surface area contributed by atoms with Crippen LogP contribution in [0.1, 0.15) is 75.1 Å². The number of sulfonamides is 1. The number of benzene rings is 1. The Kier molecular flexibility index (Phi) is 6.25. The summed E-state index contributed by atoms with van der Waals surface area (Å²) in [6.45, 7) is 2.10. The standard InChI is InChI=1S/C26H35NO6S/c1-17-5-3-4-8-27(17)34(30,31)23-12-21(6-7-22(23)32-2)25(29)33-16-24(28)26-13-18-9-19(14-26)11-20(10-18)15-26/h6-7,12,17-20H,3-5,8-11,13-16H2,1-2H3. The van der Waals surface area contributed by atoms with Gasteiger partial charge in [-0.1, -0.05) is 6.42 Å². The molecule has 4 aliphatic carbocycles. The second kappa shape index (κ2) is 8.94. The summed E-state index contributed by atoms with van der Waals surface area (Å²) in [6.07, 6.45) is 9.10. The number of hydrogen-bond acceptors (Lipinski definition) is 6. The van der Waals surface area contributed by atoms with E-state index in [1.165, 1.54) is 48.9 Å². The predicted octanol–water partition coefficient (Wildman–Crippen LogP) is 4.20. The third-order valence-electron chi connectivity index (χ3n) is 8.69. The molecule has 0 radical (unpaired) electrons. The van der Waals surface area contributed by atoms with Crippen LogP contribution in [0.5, 0.6) is 5.75 Å². The molecule has 1 aliphatic heterocycles. The Hall–Kier alpha value is -1.93. The lowest BCUT2D eigenvalue weighted by atomic mass is 9.48. The van der Waals surface area contributed by atoms with Crippen molar-refractivity contribution in [3.63, 3.8) is 0 Å². The molecule has 0 amide bonds. The highest BCUT2D eigenvalue weighted by Gasteiger charge is 2.54. The highest BCUT2D eigenvalue weighted by atomic mass is 32.2. The number of carbonyl (C=O) groups excluding carboxylic acids is 2. The second-order valence-electron chi connectivity index (χ2n) is 11.0. The number of methoxy groups -OCH3 is 1. The molecule has 1 saturated heterocycles. The Morgan fingerprint density at radius 3 is 2.29 bits per heavy atom. The van der Waals surface area contributed by atoms with Crippen molar-refractivity contribution in [2.75, 3.05) is 20.3 Å². The van der Waals surface area contributed by atoms with Crippen molar-refractivity contribution in [2.24, 2.45) is 23.2 Å². The van der Waals surface area contributed by atoms with Gasteiger partial charge in [-0.05, 0) is 94.2 Å². The maximum Gasteiger partial charge on any atom is 0.338 e. The molecular weight excluding hydrogens is 454 g/mol. The van der Waals surface area contributed by atoms with Crippen molar-refractivity contribution < 1.29 is 27.5 Å². The van der Waals surface area contributed by atoms with Gasteiger partial charge in [-0.3, -0.25) is 4.79 Å². The van der Waals surface area contributed by atoms with Crippen molar-refractivity contribution in [1.82, 2.24) is 4.31 Å². The first kappa shape index (κ1) is 23.8. The molecule has 1 atom stereocenters. The molecule has 1 aromatic carbocycles. The molecular formula is C26H35NO6S. The molecule has 8 heteroatoms. The number of piperidine rings is 1. The lowest BCUT2D eigenvalue weighted by molar-refractivity contribution is -0.147. The van der Waals surface area contributed by atoms with Gasteiger partial charge in [0.15, 0.2) is 12.4 Å². The Balaban J connectivity index is 1.31. The lowest BCUT2D eigenvalue weighted by Gasteiger charge is -2.55. The van der Waals surface area contributed by atoms with E-state index in [1.807, 2.05) is 6.92 Å². The molecule has 5 fully saturated rings. The Morgan fingerprint density at radius 1 is 1.06 bits per heavy atom. The molecule has 1 unspecified atom stereocenters. The smallest absolute Gasteiger partial charge is 0.338 e. The molecule has 0 N–H and O–H groups in total. The van der Waals surface area contributed by atoms with Gasteiger partial charge in [0.25, 0.3) is 0 Å². The average molecular weight is 490 g/mol. The van der Waals surface area contributed by atoms with E-state index in [0.29, 0.717) is 24.3 Å². The normalized spacial score (nSPS) is 33.0. The number of ether oxygens (including phenoxy) is 2. The average Bonchev–Trinajstić information content (AvgIpc) is 2.81. The highest BCUT2D eigenvalue weighted by Crippen LogP contribution is 2.60. The minimum Gasteiger partial charge on any atom is -0.495 e. The molecule has 1 aromatic rings. The summed E-state index contributed by atoms with van der Waals surface area (Å²) < 4.78 is 39.1. The number of hydrogen-bond donors (Lipinski definition) is 0. The summed E-state index contributed by atoms with van der Waals surface area (Å²) >= 11 is 0. The first-order valence-corrected chi connectivity index (χ1v) is 14.1. The summed E-state index contributed by atoms with van der Waals surface area (Å²) in [7, 11) is -2.43. The van der Waals surface area contributed by atoms with Gasteiger partial charge in [0.2, 0.25) is 10.0 Å². The molecule has 0 spiro atoms. The predicted molar refractivity (Wildman–Crippen MR) is 126 cm³/mol. The van der Waals surface area contributed by atoms with Crippen LogP contribution < -0.4 is 4.74 Å². The van der Waals surface area contributed by atoms with Gasteiger partial charge in [-0.2, -0.15) is 4.31 Å². The molecule has 4 bridgehead atoms. The molecule has 0 aromatic heterocycles. The zero-order chi connectivity index (χ0) is 24.1. The number of nitrogens with zero attached hydrogens (tertiary/aromatic N) is 1. The van der Waals surface area contributed by atoms with Crippen LogP contribution in [0.4, 0.5) is 0 Å². The number of esters is 1. The van der Waals surface area contributed by atoms with E-state index in [2.05, 4.69) is 0 Å². The van der Waals surface area contributed by atoms with Crippen LogP contribution >= 0.6 is 0 Å². The van der Waals surface area contributed by atoms with E-state index in [1.54, 1.807) is 0 Å². The van der Waals surface area contributed by atoms with Crippen LogP contribution in [-0.4, -0.2) is 50.8 Å². The van der Waals surface area contributed by atoms with E-state index in [4.69, 9.17) is 9.47 Å². The van der Waals surface area contributed by atoms with Crippen LogP contribution in [0.2, 0.25) is 0 Å². The fourth-order valence-electron chi connectivity index (χ4n) is 7.38. The monoisotopic (exact) mass is 489 g/mol. The number of rotatable bonds is 7. The van der Waals surface area contributed by atoms with Gasteiger partial charge < -0.3 is 9.47 Å². The van der Waals surface area contributed by atoms with Gasteiger partial charge in [0, 0.05) is 18.0 Å². The Labute approximate surface area is 202 Å². The minimum absolute atomic E-state index is 0.0310. The van der Waals surface area contributed by atoms with Crippen molar-refractivity contribution in [3.05, 3.63) is 23.8 Å². The molecule has 6 rings (SSSR count). The van der Waals surface area contributed by atoms with E-state index >= 15 is 0 Å². The highest BCUT2D eigenvalue weighted by molar-refractivity contribution is 7.89. The fraction of sp³-hybridized carbons (Fsp3) is 0.692. The summed E-state index contributed by atoms with van der Waals surface area (Å²) in [6, 6.07) is 4.19. The van der Waals surface area contributed by atoms with Crippen LogP contribution in [0.15, 0.2) is 23.1 Å². The summed E-state index contributed by atoms with van der Waals surface area (Å²) in [5.41, 5.74) is -0.212. The van der Waals surface area contributed by atoms with E-state index in [9.17, 15) is 18.0 Å².